The Hall–Kier alpha value is -3.92. The fraction of sp³-hybridized carbons (Fsp3) is 0.385. The van der Waals surface area contributed by atoms with Crippen molar-refractivity contribution in [2.24, 2.45) is 0 Å². The number of fused-ring (bicyclic) bond motifs is 1. The molecule has 2 aliphatic heterocycles. The molecule has 1 unspecified atom stereocenters. The van der Waals surface area contributed by atoms with Gasteiger partial charge in [-0.25, -0.2) is 0 Å². The Morgan fingerprint density at radius 1 is 1.03 bits per heavy atom. The molecule has 2 aliphatic rings. The number of likely N-dealkylation sites (tertiary alicyclic amines) is 1. The minimum atomic E-state index is -0.869. The predicted octanol–water partition coefficient (Wildman–Crippen LogP) is 2.81. The zero-order valence-electron chi connectivity index (χ0n) is 21.0. The first-order valence-corrected chi connectivity index (χ1v) is 11.4. The second kappa shape index (κ2) is 10.4. The Kier molecular flexibility index (Phi) is 7.25. The molecule has 1 atom stereocenters. The summed E-state index contributed by atoms with van der Waals surface area (Å²) < 4.78 is 27.2. The van der Waals surface area contributed by atoms with Crippen molar-refractivity contribution in [1.82, 2.24) is 9.80 Å². The molecule has 0 aromatic heterocycles. The molecule has 0 bridgehead atoms. The average Bonchev–Trinajstić information content (AvgIpc) is 3.44. The van der Waals surface area contributed by atoms with Crippen LogP contribution in [0.15, 0.2) is 35.9 Å². The maximum Gasteiger partial charge on any atom is 0.295 e. The lowest BCUT2D eigenvalue weighted by atomic mass is 9.94. The number of ether oxygens (including phenoxy) is 5. The fourth-order valence-electron chi connectivity index (χ4n) is 4.47. The van der Waals surface area contributed by atoms with Gasteiger partial charge in [-0.3, -0.25) is 9.59 Å². The van der Waals surface area contributed by atoms with Gasteiger partial charge < -0.3 is 38.6 Å². The van der Waals surface area contributed by atoms with Gasteiger partial charge in [-0.2, -0.15) is 0 Å². The number of benzene rings is 2. The molecule has 1 fully saturated rings. The van der Waals surface area contributed by atoms with Crippen LogP contribution in [0.25, 0.3) is 5.76 Å². The zero-order chi connectivity index (χ0) is 26.0. The van der Waals surface area contributed by atoms with E-state index in [2.05, 4.69) is 0 Å². The van der Waals surface area contributed by atoms with Gasteiger partial charge in [-0.15, -0.1) is 0 Å². The highest BCUT2D eigenvalue weighted by atomic mass is 16.7. The van der Waals surface area contributed by atoms with Gasteiger partial charge in [0, 0.05) is 12.1 Å². The molecule has 10 nitrogen and oxygen atoms in total. The molecule has 1 amide bonds. The molecule has 1 saturated heterocycles. The summed E-state index contributed by atoms with van der Waals surface area (Å²) in [6.07, 6.45) is 0.630. The lowest BCUT2D eigenvalue weighted by molar-refractivity contribution is -0.139. The summed E-state index contributed by atoms with van der Waals surface area (Å²) in [5.41, 5.74) is 0.844. The number of aliphatic hydroxyl groups is 1. The maximum atomic E-state index is 13.3. The number of rotatable bonds is 9. The van der Waals surface area contributed by atoms with Crippen LogP contribution in [-0.2, 0) is 9.59 Å². The number of carbonyl (C=O) groups is 2. The number of hydrogen-bond donors (Lipinski definition) is 1. The number of carbonyl (C=O) groups excluding carboxylic acids is 2. The first-order valence-electron chi connectivity index (χ1n) is 11.4. The van der Waals surface area contributed by atoms with Crippen LogP contribution in [0.3, 0.4) is 0 Å². The molecule has 2 heterocycles. The van der Waals surface area contributed by atoms with Crippen molar-refractivity contribution in [2.45, 2.75) is 12.5 Å². The van der Waals surface area contributed by atoms with Crippen LogP contribution in [0, 0.1) is 0 Å². The molecule has 1 N–H and O–H groups in total. The number of methoxy groups -OCH3 is 3. The third-order valence-corrected chi connectivity index (χ3v) is 6.19. The van der Waals surface area contributed by atoms with Crippen LogP contribution >= 0.6 is 0 Å². The molecule has 4 rings (SSSR count). The van der Waals surface area contributed by atoms with Crippen molar-refractivity contribution in [1.29, 1.82) is 0 Å². The molecule has 0 spiro atoms. The quantitative estimate of drug-likeness (QED) is 0.317. The minimum absolute atomic E-state index is 0.0296. The molecule has 192 valence electrons. The van der Waals surface area contributed by atoms with Crippen molar-refractivity contribution in [2.75, 3.05) is 55.3 Å². The van der Waals surface area contributed by atoms with Crippen molar-refractivity contribution >= 4 is 17.4 Å². The Bertz CT molecular complexity index is 1180. The van der Waals surface area contributed by atoms with E-state index in [9.17, 15) is 14.7 Å². The van der Waals surface area contributed by atoms with E-state index in [-0.39, 0.29) is 18.1 Å². The van der Waals surface area contributed by atoms with Gasteiger partial charge in [0.2, 0.25) is 12.5 Å². The average molecular weight is 499 g/mol. The minimum Gasteiger partial charge on any atom is -0.507 e. The van der Waals surface area contributed by atoms with Gasteiger partial charge in [-0.05, 0) is 63.0 Å². The molecule has 10 heteroatoms. The number of hydrogen-bond acceptors (Lipinski definition) is 9. The van der Waals surface area contributed by atoms with E-state index in [1.54, 1.807) is 30.3 Å². The zero-order valence-corrected chi connectivity index (χ0v) is 21.0. The summed E-state index contributed by atoms with van der Waals surface area (Å²) in [6.45, 7) is 1.09. The first kappa shape index (κ1) is 25.2. The van der Waals surface area contributed by atoms with E-state index in [0.717, 1.165) is 0 Å². The normalized spacial score (nSPS) is 18.2. The predicted molar refractivity (Wildman–Crippen MR) is 131 cm³/mol. The monoisotopic (exact) mass is 498 g/mol. The summed E-state index contributed by atoms with van der Waals surface area (Å²) in [5.74, 6) is 0.344. The smallest absolute Gasteiger partial charge is 0.295 e. The number of aliphatic hydroxyl groups excluding tert-OH is 1. The lowest BCUT2D eigenvalue weighted by Crippen LogP contribution is -2.32. The number of Topliss-reactive ketones (excluding diaryl/α,β-unsaturated/α-hetero) is 1. The summed E-state index contributed by atoms with van der Waals surface area (Å²) in [5, 5.41) is 11.3. The molecular weight excluding hydrogens is 468 g/mol. The third kappa shape index (κ3) is 4.51. The Balaban J connectivity index is 1.87. The Labute approximate surface area is 209 Å². The summed E-state index contributed by atoms with van der Waals surface area (Å²) in [6, 6.07) is 7.36. The van der Waals surface area contributed by atoms with Crippen molar-refractivity contribution < 1.29 is 38.4 Å². The standard InChI is InChI=1S/C26H30N2O8/c1-27(2)9-6-10-28-22(16-12-19(32-3)25(34-5)20(13-16)33-4)21(24(30)26(28)31)23(29)15-7-8-17-18(11-15)36-14-35-17/h7-8,11-13,22,29H,6,9-10,14H2,1-5H3/b23-21+. The number of ketones is 1. The first-order chi connectivity index (χ1) is 17.3. The van der Waals surface area contributed by atoms with E-state index in [1.807, 2.05) is 19.0 Å². The van der Waals surface area contributed by atoms with Crippen LogP contribution in [-0.4, -0.2) is 81.9 Å². The van der Waals surface area contributed by atoms with Gasteiger partial charge in [0.1, 0.15) is 5.76 Å². The molecule has 2 aromatic carbocycles. The SMILES string of the molecule is COc1cc(C2/C(=C(\O)c3ccc4c(c3)OCO4)C(=O)C(=O)N2CCCN(C)C)cc(OC)c1OC. The second-order valence-electron chi connectivity index (χ2n) is 8.68. The van der Waals surface area contributed by atoms with Crippen LogP contribution in [0.2, 0.25) is 0 Å². The summed E-state index contributed by atoms with van der Waals surface area (Å²) >= 11 is 0. The lowest BCUT2D eigenvalue weighted by Gasteiger charge is -2.27. The van der Waals surface area contributed by atoms with Crippen LogP contribution in [0.5, 0.6) is 28.7 Å². The third-order valence-electron chi connectivity index (χ3n) is 6.19. The van der Waals surface area contributed by atoms with Gasteiger partial charge in [0.05, 0.1) is 32.9 Å². The molecule has 0 saturated carbocycles. The molecular formula is C26H30N2O8. The topological polar surface area (TPSA) is 107 Å². The van der Waals surface area contributed by atoms with E-state index in [1.165, 1.54) is 26.2 Å². The fourth-order valence-corrected chi connectivity index (χ4v) is 4.47. The largest absolute Gasteiger partial charge is 0.507 e. The van der Waals surface area contributed by atoms with Gasteiger partial charge in [0.15, 0.2) is 23.0 Å². The highest BCUT2D eigenvalue weighted by Gasteiger charge is 2.46. The Morgan fingerprint density at radius 2 is 1.69 bits per heavy atom. The molecule has 2 aromatic rings. The molecule has 0 radical (unpaired) electrons. The van der Waals surface area contributed by atoms with Crippen molar-refractivity contribution in [3.05, 3.63) is 47.0 Å². The van der Waals surface area contributed by atoms with E-state index >= 15 is 0 Å². The van der Waals surface area contributed by atoms with Crippen molar-refractivity contribution in [3.8, 4) is 28.7 Å². The van der Waals surface area contributed by atoms with E-state index < -0.39 is 17.7 Å². The van der Waals surface area contributed by atoms with Crippen LogP contribution in [0.1, 0.15) is 23.6 Å². The molecule has 36 heavy (non-hydrogen) atoms. The maximum absolute atomic E-state index is 13.3. The molecule has 0 aliphatic carbocycles. The van der Waals surface area contributed by atoms with Gasteiger partial charge in [-0.1, -0.05) is 0 Å². The van der Waals surface area contributed by atoms with Gasteiger partial charge >= 0.3 is 0 Å². The number of amides is 1. The second-order valence-corrected chi connectivity index (χ2v) is 8.68. The highest BCUT2D eigenvalue weighted by molar-refractivity contribution is 6.46. The van der Waals surface area contributed by atoms with Gasteiger partial charge in [0.25, 0.3) is 11.7 Å². The van der Waals surface area contributed by atoms with Crippen LogP contribution < -0.4 is 23.7 Å². The number of nitrogens with zero attached hydrogens (tertiary/aromatic N) is 2. The van der Waals surface area contributed by atoms with Crippen LogP contribution in [0.4, 0.5) is 0 Å². The Morgan fingerprint density at radius 3 is 2.31 bits per heavy atom. The highest BCUT2D eigenvalue weighted by Crippen LogP contribution is 2.46. The van der Waals surface area contributed by atoms with E-state index in [0.29, 0.717) is 59.4 Å². The van der Waals surface area contributed by atoms with Crippen molar-refractivity contribution in [3.63, 3.8) is 0 Å². The summed E-state index contributed by atoms with van der Waals surface area (Å²) in [4.78, 5) is 30.0. The summed E-state index contributed by atoms with van der Waals surface area (Å²) in [7, 11) is 8.34. The van der Waals surface area contributed by atoms with E-state index in [4.69, 9.17) is 23.7 Å².